The van der Waals surface area contributed by atoms with Crippen LogP contribution in [0.5, 0.6) is 0 Å². The quantitative estimate of drug-likeness (QED) is 0.869. The second kappa shape index (κ2) is 7.65. The monoisotopic (exact) mass is 364 g/mol. The second-order valence-corrected chi connectivity index (χ2v) is 7.92. The number of carbonyl (C=O) groups is 2. The summed E-state index contributed by atoms with van der Waals surface area (Å²) in [5.74, 6) is 1.18. The van der Waals surface area contributed by atoms with Crippen LogP contribution in [0.1, 0.15) is 45.8 Å². The first-order valence-corrected chi connectivity index (χ1v) is 9.28. The molecule has 2 fully saturated rings. The van der Waals surface area contributed by atoms with E-state index in [1.54, 1.807) is 11.0 Å². The average Bonchev–Trinajstić information content (AvgIpc) is 3.21. The Morgan fingerprint density at radius 1 is 1.15 bits per heavy atom. The van der Waals surface area contributed by atoms with Crippen LogP contribution in [-0.2, 0) is 14.9 Å². The van der Waals surface area contributed by atoms with Crippen LogP contribution in [0.15, 0.2) is 10.6 Å². The molecule has 0 bridgehead atoms. The molecule has 2 aliphatic rings. The van der Waals surface area contributed by atoms with Crippen molar-refractivity contribution in [1.29, 1.82) is 0 Å². The van der Waals surface area contributed by atoms with Crippen LogP contribution in [0.2, 0.25) is 0 Å². The van der Waals surface area contributed by atoms with Crippen molar-refractivity contribution in [3.8, 4) is 0 Å². The molecule has 2 aliphatic heterocycles. The SMILES string of the molecule is CC(C)(C)c1cc(NC(=O)N2CCCN(C(=O)C3CCCO3)CC2)no1. The predicted molar refractivity (Wildman–Crippen MR) is 96.0 cm³/mol. The minimum atomic E-state index is -0.304. The summed E-state index contributed by atoms with van der Waals surface area (Å²) >= 11 is 0. The summed E-state index contributed by atoms with van der Waals surface area (Å²) in [6.45, 7) is 9.00. The van der Waals surface area contributed by atoms with Gasteiger partial charge in [-0.15, -0.1) is 0 Å². The Hall–Kier alpha value is -2.09. The summed E-state index contributed by atoms with van der Waals surface area (Å²) in [5, 5.41) is 6.71. The van der Waals surface area contributed by atoms with Gasteiger partial charge in [0.1, 0.15) is 11.9 Å². The fourth-order valence-corrected chi connectivity index (χ4v) is 3.19. The second-order valence-electron chi connectivity index (χ2n) is 7.92. The molecule has 0 aliphatic carbocycles. The molecule has 3 amide bonds. The summed E-state index contributed by atoms with van der Waals surface area (Å²) in [6.07, 6.45) is 2.17. The van der Waals surface area contributed by atoms with Crippen molar-refractivity contribution in [2.45, 2.75) is 51.6 Å². The summed E-state index contributed by atoms with van der Waals surface area (Å²) in [7, 11) is 0. The molecule has 1 unspecified atom stereocenters. The number of urea groups is 1. The number of nitrogens with one attached hydrogen (secondary N) is 1. The van der Waals surface area contributed by atoms with Gasteiger partial charge >= 0.3 is 6.03 Å². The molecule has 2 saturated heterocycles. The zero-order valence-corrected chi connectivity index (χ0v) is 15.8. The molecule has 0 radical (unpaired) electrons. The van der Waals surface area contributed by atoms with E-state index < -0.39 is 0 Å². The lowest BCUT2D eigenvalue weighted by atomic mass is 9.93. The van der Waals surface area contributed by atoms with Crippen LogP contribution >= 0.6 is 0 Å². The van der Waals surface area contributed by atoms with Crippen LogP contribution in [0, 0.1) is 0 Å². The fraction of sp³-hybridized carbons (Fsp3) is 0.722. The zero-order valence-electron chi connectivity index (χ0n) is 15.8. The number of nitrogens with zero attached hydrogens (tertiary/aromatic N) is 3. The fourth-order valence-electron chi connectivity index (χ4n) is 3.19. The minimum absolute atomic E-state index is 0.0519. The molecule has 3 rings (SSSR count). The number of rotatable bonds is 2. The summed E-state index contributed by atoms with van der Waals surface area (Å²) in [5.41, 5.74) is -0.165. The first kappa shape index (κ1) is 18.7. The molecule has 0 aromatic carbocycles. The third-order valence-electron chi connectivity index (χ3n) is 4.78. The van der Waals surface area contributed by atoms with E-state index in [0.29, 0.717) is 38.6 Å². The maximum Gasteiger partial charge on any atom is 0.323 e. The smallest absolute Gasteiger partial charge is 0.323 e. The van der Waals surface area contributed by atoms with E-state index >= 15 is 0 Å². The standard InChI is InChI=1S/C18H28N4O4/c1-18(2,3)14-12-15(20-26-14)19-17(24)22-8-5-7-21(9-10-22)16(23)13-6-4-11-25-13/h12-13H,4-11H2,1-3H3,(H,19,20,24). The highest BCUT2D eigenvalue weighted by Crippen LogP contribution is 2.24. The lowest BCUT2D eigenvalue weighted by Gasteiger charge is -2.24. The van der Waals surface area contributed by atoms with Gasteiger partial charge in [0.2, 0.25) is 0 Å². The van der Waals surface area contributed by atoms with E-state index in [4.69, 9.17) is 9.26 Å². The number of amides is 3. The molecule has 144 valence electrons. The Morgan fingerprint density at radius 3 is 2.54 bits per heavy atom. The molecular formula is C18H28N4O4. The van der Waals surface area contributed by atoms with Gasteiger partial charge in [0.15, 0.2) is 5.82 Å². The molecule has 0 saturated carbocycles. The zero-order chi connectivity index (χ0) is 18.7. The van der Waals surface area contributed by atoms with Gasteiger partial charge in [0.25, 0.3) is 5.91 Å². The highest BCUT2D eigenvalue weighted by molar-refractivity contribution is 5.88. The van der Waals surface area contributed by atoms with E-state index in [1.807, 2.05) is 25.7 Å². The van der Waals surface area contributed by atoms with Crippen molar-refractivity contribution in [1.82, 2.24) is 15.0 Å². The van der Waals surface area contributed by atoms with E-state index in [-0.39, 0.29) is 23.5 Å². The molecule has 1 aromatic heterocycles. The van der Waals surface area contributed by atoms with Crippen LogP contribution in [0.3, 0.4) is 0 Å². The normalized spacial score (nSPS) is 21.6. The van der Waals surface area contributed by atoms with Gasteiger partial charge < -0.3 is 19.1 Å². The maximum atomic E-state index is 12.5. The van der Waals surface area contributed by atoms with Gasteiger partial charge in [-0.1, -0.05) is 25.9 Å². The number of carbonyl (C=O) groups excluding carboxylic acids is 2. The summed E-state index contributed by atoms with van der Waals surface area (Å²) < 4.78 is 10.8. The molecule has 3 heterocycles. The van der Waals surface area contributed by atoms with Gasteiger partial charge in [0, 0.05) is 44.3 Å². The largest absolute Gasteiger partial charge is 0.368 e. The molecule has 26 heavy (non-hydrogen) atoms. The third kappa shape index (κ3) is 4.35. The van der Waals surface area contributed by atoms with Gasteiger partial charge in [-0.05, 0) is 19.3 Å². The summed E-state index contributed by atoms with van der Waals surface area (Å²) in [4.78, 5) is 28.5. The number of hydrogen-bond donors (Lipinski definition) is 1. The number of anilines is 1. The van der Waals surface area contributed by atoms with E-state index in [2.05, 4.69) is 10.5 Å². The lowest BCUT2D eigenvalue weighted by molar-refractivity contribution is -0.140. The predicted octanol–water partition coefficient (Wildman–Crippen LogP) is 2.22. The molecule has 1 aromatic rings. The van der Waals surface area contributed by atoms with Crippen molar-refractivity contribution < 1.29 is 18.8 Å². The van der Waals surface area contributed by atoms with Gasteiger partial charge in [-0.25, -0.2) is 4.79 Å². The number of aromatic nitrogens is 1. The Morgan fingerprint density at radius 2 is 1.88 bits per heavy atom. The van der Waals surface area contributed by atoms with Crippen molar-refractivity contribution in [3.05, 3.63) is 11.8 Å². The summed E-state index contributed by atoms with van der Waals surface area (Å²) in [6, 6.07) is 1.54. The Labute approximate surface area is 153 Å². The van der Waals surface area contributed by atoms with Crippen LogP contribution in [-0.4, -0.2) is 65.8 Å². The molecule has 8 heteroatoms. The highest BCUT2D eigenvalue weighted by atomic mass is 16.5. The van der Waals surface area contributed by atoms with E-state index in [1.165, 1.54) is 0 Å². The van der Waals surface area contributed by atoms with Crippen molar-refractivity contribution >= 4 is 17.8 Å². The molecule has 1 N–H and O–H groups in total. The van der Waals surface area contributed by atoms with Crippen LogP contribution in [0.4, 0.5) is 10.6 Å². The van der Waals surface area contributed by atoms with Crippen molar-refractivity contribution in [2.24, 2.45) is 0 Å². The molecule has 8 nitrogen and oxygen atoms in total. The number of ether oxygens (including phenoxy) is 1. The van der Waals surface area contributed by atoms with Crippen LogP contribution in [0.25, 0.3) is 0 Å². The first-order chi connectivity index (χ1) is 12.3. The van der Waals surface area contributed by atoms with Gasteiger partial charge in [-0.3, -0.25) is 10.1 Å². The average molecular weight is 364 g/mol. The Balaban J connectivity index is 1.54. The van der Waals surface area contributed by atoms with E-state index in [9.17, 15) is 9.59 Å². The van der Waals surface area contributed by atoms with Crippen molar-refractivity contribution in [2.75, 3.05) is 38.1 Å². The molecule has 0 spiro atoms. The van der Waals surface area contributed by atoms with Crippen molar-refractivity contribution in [3.63, 3.8) is 0 Å². The molecule has 1 atom stereocenters. The lowest BCUT2D eigenvalue weighted by Crippen LogP contribution is -2.42. The van der Waals surface area contributed by atoms with Gasteiger partial charge in [0.05, 0.1) is 0 Å². The maximum absolute atomic E-state index is 12.5. The van der Waals surface area contributed by atoms with E-state index in [0.717, 1.165) is 25.0 Å². The topological polar surface area (TPSA) is 87.9 Å². The molecular weight excluding hydrogens is 336 g/mol. The highest BCUT2D eigenvalue weighted by Gasteiger charge is 2.30. The number of hydrogen-bond acceptors (Lipinski definition) is 5. The third-order valence-corrected chi connectivity index (χ3v) is 4.78. The minimum Gasteiger partial charge on any atom is -0.368 e. The van der Waals surface area contributed by atoms with Gasteiger partial charge in [-0.2, -0.15) is 0 Å². The Kier molecular flexibility index (Phi) is 5.50. The van der Waals surface area contributed by atoms with Crippen LogP contribution < -0.4 is 5.32 Å². The first-order valence-electron chi connectivity index (χ1n) is 9.28. The Bertz CT molecular complexity index is 646.